The van der Waals surface area contributed by atoms with Crippen LogP contribution in [0.1, 0.15) is 16.9 Å². The van der Waals surface area contributed by atoms with Crippen LogP contribution in [0.25, 0.3) is 10.2 Å². The van der Waals surface area contributed by atoms with Crippen LogP contribution in [0.2, 0.25) is 5.02 Å². The van der Waals surface area contributed by atoms with Crippen LogP contribution >= 0.6 is 22.9 Å². The van der Waals surface area contributed by atoms with Crippen LogP contribution in [0.3, 0.4) is 0 Å². The van der Waals surface area contributed by atoms with Gasteiger partial charge in [0.2, 0.25) is 0 Å². The number of hydrogen-bond acceptors (Lipinski definition) is 7. The Balaban J connectivity index is 1.54. The highest BCUT2D eigenvalue weighted by atomic mass is 35.5. The fourth-order valence-electron chi connectivity index (χ4n) is 3.54. The van der Waals surface area contributed by atoms with E-state index in [2.05, 4.69) is 9.88 Å². The van der Waals surface area contributed by atoms with Gasteiger partial charge in [0.05, 0.1) is 17.3 Å². The first kappa shape index (κ1) is 21.1. The number of halogens is 1. The van der Waals surface area contributed by atoms with E-state index in [9.17, 15) is 13.2 Å². The Morgan fingerprint density at radius 1 is 1.17 bits per heavy atom. The summed E-state index contributed by atoms with van der Waals surface area (Å²) in [6.45, 7) is 1.97. The van der Waals surface area contributed by atoms with Crippen LogP contribution in [-0.2, 0) is 21.8 Å². The summed E-state index contributed by atoms with van der Waals surface area (Å²) in [5, 5.41) is 1.60. The smallest absolute Gasteiger partial charge is 0.354 e. The van der Waals surface area contributed by atoms with E-state index in [4.69, 9.17) is 16.3 Å². The second-order valence-corrected chi connectivity index (χ2v) is 10.3. The van der Waals surface area contributed by atoms with Gasteiger partial charge in [-0.1, -0.05) is 22.9 Å². The monoisotopic (exact) mass is 468 g/mol. The van der Waals surface area contributed by atoms with Crippen LogP contribution in [0.15, 0.2) is 35.4 Å². The number of sulfonamides is 1. The van der Waals surface area contributed by atoms with Crippen molar-refractivity contribution >= 4 is 54.3 Å². The average molecular weight is 469 g/mol. The van der Waals surface area contributed by atoms with Crippen molar-refractivity contribution in [3.8, 4) is 0 Å². The number of nitrogens with zero attached hydrogens (tertiary/aromatic N) is 4. The molecule has 0 unspecified atom stereocenters. The number of hydrogen-bond donors (Lipinski definition) is 0. The molecule has 1 aromatic carbocycles. The number of anilines is 1. The average Bonchev–Trinajstić information content (AvgIpc) is 3.21. The lowest BCUT2D eigenvalue weighted by Gasteiger charge is -2.21. The summed E-state index contributed by atoms with van der Waals surface area (Å²) < 4.78 is 35.0. The molecule has 3 heterocycles. The van der Waals surface area contributed by atoms with E-state index in [1.54, 1.807) is 18.4 Å². The summed E-state index contributed by atoms with van der Waals surface area (Å²) in [4.78, 5) is 18.6. The molecule has 2 aromatic heterocycles. The summed E-state index contributed by atoms with van der Waals surface area (Å²) >= 11 is 7.62. The molecular formula is C19H21ClN4O4S2. The number of benzene rings is 1. The molecule has 1 aliphatic heterocycles. The summed E-state index contributed by atoms with van der Waals surface area (Å²) in [5.41, 5.74) is 1.08. The largest absolute Gasteiger partial charge is 0.464 e. The number of aromatic nitrogens is 2. The number of thiazole rings is 1. The molecule has 0 spiro atoms. The zero-order valence-electron chi connectivity index (χ0n) is 16.5. The molecule has 0 bridgehead atoms. The molecule has 4 rings (SSSR count). The summed E-state index contributed by atoms with van der Waals surface area (Å²) in [5.74, 6) is -0.572. The Kier molecular flexibility index (Phi) is 5.75. The van der Waals surface area contributed by atoms with Crippen molar-refractivity contribution in [3.63, 3.8) is 0 Å². The summed E-state index contributed by atoms with van der Waals surface area (Å²) in [6.07, 6.45) is 0.671. The van der Waals surface area contributed by atoms with Crippen molar-refractivity contribution < 1.29 is 17.9 Å². The second kappa shape index (κ2) is 8.18. The molecule has 160 valence electrons. The Morgan fingerprint density at radius 2 is 1.97 bits per heavy atom. The predicted molar refractivity (Wildman–Crippen MR) is 117 cm³/mol. The van der Waals surface area contributed by atoms with Crippen LogP contribution in [0.5, 0.6) is 0 Å². The van der Waals surface area contributed by atoms with E-state index >= 15 is 0 Å². The molecule has 0 radical (unpaired) electrons. The molecule has 0 N–H and O–H groups in total. The topological polar surface area (TPSA) is 84.7 Å². The van der Waals surface area contributed by atoms with E-state index in [0.717, 1.165) is 15.3 Å². The van der Waals surface area contributed by atoms with E-state index in [-0.39, 0.29) is 10.7 Å². The first-order valence-corrected chi connectivity index (χ1v) is 12.0. The summed E-state index contributed by atoms with van der Waals surface area (Å²) in [7, 11) is -0.928. The van der Waals surface area contributed by atoms with Crippen molar-refractivity contribution in [1.29, 1.82) is 0 Å². The standard InChI is InChI=1S/C19H21ClN4O4S2/c1-22-15(18(25)28-2)6-7-17(22)30(26,27)24-9-3-8-23(10-11-24)19-21-14-5-4-13(20)12-16(14)29-19/h4-7,12H,3,8-11H2,1-2H3. The highest BCUT2D eigenvalue weighted by molar-refractivity contribution is 7.89. The van der Waals surface area contributed by atoms with Crippen LogP contribution in [-0.4, -0.2) is 61.5 Å². The quantitative estimate of drug-likeness (QED) is 0.547. The number of carbonyl (C=O) groups is 1. The lowest BCUT2D eigenvalue weighted by molar-refractivity contribution is 0.0589. The van der Waals surface area contributed by atoms with Crippen molar-refractivity contribution in [3.05, 3.63) is 41.0 Å². The zero-order valence-corrected chi connectivity index (χ0v) is 18.9. The number of rotatable bonds is 4. The van der Waals surface area contributed by atoms with Crippen LogP contribution in [0, 0.1) is 0 Å². The van der Waals surface area contributed by atoms with Gasteiger partial charge in [-0.25, -0.2) is 18.2 Å². The first-order valence-electron chi connectivity index (χ1n) is 9.36. The SMILES string of the molecule is COC(=O)c1ccc(S(=O)(=O)N2CCCN(c3nc4ccc(Cl)cc4s3)CC2)n1C. The predicted octanol–water partition coefficient (Wildman–Crippen LogP) is 2.98. The number of ether oxygens (including phenoxy) is 1. The lowest BCUT2D eigenvalue weighted by Crippen LogP contribution is -2.36. The third-order valence-corrected chi connectivity index (χ3v) is 8.44. The number of esters is 1. The molecule has 0 saturated carbocycles. The molecule has 0 atom stereocenters. The van der Waals surface area contributed by atoms with E-state index in [1.807, 2.05) is 18.2 Å². The Labute approximate surface area is 183 Å². The second-order valence-electron chi connectivity index (χ2n) is 6.96. The minimum Gasteiger partial charge on any atom is -0.464 e. The van der Waals surface area contributed by atoms with E-state index in [0.29, 0.717) is 37.6 Å². The maximum Gasteiger partial charge on any atom is 0.354 e. The first-order chi connectivity index (χ1) is 14.3. The van der Waals surface area contributed by atoms with Gasteiger partial charge in [-0.05, 0) is 36.8 Å². The maximum absolute atomic E-state index is 13.2. The molecule has 0 amide bonds. The Bertz CT molecular complexity index is 1200. The number of methoxy groups -OCH3 is 1. The Morgan fingerprint density at radius 3 is 2.73 bits per heavy atom. The highest BCUT2D eigenvalue weighted by Gasteiger charge is 2.31. The third-order valence-electron chi connectivity index (χ3n) is 5.14. The molecule has 11 heteroatoms. The van der Waals surface area contributed by atoms with Gasteiger partial charge >= 0.3 is 5.97 Å². The highest BCUT2D eigenvalue weighted by Crippen LogP contribution is 2.31. The maximum atomic E-state index is 13.2. The number of carbonyl (C=O) groups excluding carboxylic acids is 1. The van der Waals surface area contributed by atoms with Gasteiger partial charge in [0.15, 0.2) is 10.2 Å². The van der Waals surface area contributed by atoms with Crippen molar-refractivity contribution in [1.82, 2.24) is 13.9 Å². The van der Waals surface area contributed by atoms with Gasteiger partial charge in [0.1, 0.15) is 5.69 Å². The van der Waals surface area contributed by atoms with Crippen LogP contribution < -0.4 is 4.90 Å². The summed E-state index contributed by atoms with van der Waals surface area (Å²) in [6, 6.07) is 8.50. The Hall–Kier alpha value is -2.14. The van der Waals surface area contributed by atoms with Gasteiger partial charge in [-0.3, -0.25) is 0 Å². The van der Waals surface area contributed by atoms with Crippen LogP contribution in [0.4, 0.5) is 5.13 Å². The fraction of sp³-hybridized carbons (Fsp3) is 0.368. The minimum absolute atomic E-state index is 0.0750. The van der Waals surface area contributed by atoms with Crippen molar-refractivity contribution in [2.75, 3.05) is 38.2 Å². The van der Waals surface area contributed by atoms with Gasteiger partial charge in [-0.2, -0.15) is 4.31 Å². The van der Waals surface area contributed by atoms with Crippen molar-refractivity contribution in [2.24, 2.45) is 7.05 Å². The molecule has 1 fully saturated rings. The minimum atomic E-state index is -3.75. The molecule has 30 heavy (non-hydrogen) atoms. The van der Waals surface area contributed by atoms with Gasteiger partial charge < -0.3 is 14.2 Å². The molecule has 0 aliphatic carbocycles. The van der Waals surface area contributed by atoms with Crippen molar-refractivity contribution in [2.45, 2.75) is 11.4 Å². The fourth-order valence-corrected chi connectivity index (χ4v) is 6.47. The number of fused-ring (bicyclic) bond motifs is 1. The molecular weight excluding hydrogens is 448 g/mol. The third kappa shape index (κ3) is 3.80. The van der Waals surface area contributed by atoms with Gasteiger partial charge in [0.25, 0.3) is 10.0 Å². The molecule has 8 nitrogen and oxygen atoms in total. The zero-order chi connectivity index (χ0) is 21.5. The van der Waals surface area contributed by atoms with Gasteiger partial charge in [0, 0.05) is 38.2 Å². The molecule has 1 saturated heterocycles. The molecule has 1 aliphatic rings. The normalized spacial score (nSPS) is 16.0. The molecule has 3 aromatic rings. The van der Waals surface area contributed by atoms with E-state index < -0.39 is 16.0 Å². The van der Waals surface area contributed by atoms with Gasteiger partial charge in [-0.15, -0.1) is 0 Å². The lowest BCUT2D eigenvalue weighted by atomic mass is 10.3. The van der Waals surface area contributed by atoms with E-state index in [1.165, 1.54) is 28.1 Å².